The van der Waals surface area contributed by atoms with Crippen molar-refractivity contribution in [2.45, 2.75) is 51.1 Å². The molecule has 4 rings (SSSR count). The van der Waals surface area contributed by atoms with Crippen LogP contribution in [-0.4, -0.2) is 65.5 Å². The molecule has 0 bridgehead atoms. The van der Waals surface area contributed by atoms with Crippen molar-refractivity contribution in [1.82, 2.24) is 14.8 Å². The Morgan fingerprint density at radius 3 is 2.88 bits per heavy atom. The first-order chi connectivity index (χ1) is 11.8. The summed E-state index contributed by atoms with van der Waals surface area (Å²) < 4.78 is 0. The molecule has 4 heterocycles. The van der Waals surface area contributed by atoms with Crippen LogP contribution in [0.3, 0.4) is 0 Å². The molecule has 132 valence electrons. The van der Waals surface area contributed by atoms with E-state index in [9.17, 15) is 4.79 Å². The third-order valence-corrected chi connectivity index (χ3v) is 6.77. The van der Waals surface area contributed by atoms with Gasteiger partial charge in [0.25, 0.3) is 0 Å². The Bertz CT molecular complexity index is 557. The highest BCUT2D eigenvalue weighted by molar-refractivity contribution is 7.13. The zero-order chi connectivity index (χ0) is 16.5. The number of nitrogens with zero attached hydrogens (tertiary/aromatic N) is 4. The average Bonchev–Trinajstić information content (AvgIpc) is 3.33. The fourth-order valence-corrected chi connectivity index (χ4v) is 5.64. The van der Waals surface area contributed by atoms with Crippen molar-refractivity contribution in [1.29, 1.82) is 0 Å². The first kappa shape index (κ1) is 16.3. The van der Waals surface area contributed by atoms with Crippen molar-refractivity contribution < 1.29 is 4.79 Å². The lowest BCUT2D eigenvalue weighted by molar-refractivity contribution is -0.132. The molecule has 5 nitrogen and oxygen atoms in total. The van der Waals surface area contributed by atoms with Crippen LogP contribution in [0.4, 0.5) is 5.13 Å². The lowest BCUT2D eigenvalue weighted by atomic mass is 9.92. The molecule has 3 aliphatic rings. The monoisotopic (exact) mass is 348 g/mol. The molecule has 3 atom stereocenters. The lowest BCUT2D eigenvalue weighted by Crippen LogP contribution is -2.49. The van der Waals surface area contributed by atoms with Gasteiger partial charge in [-0.15, -0.1) is 11.3 Å². The molecular weight excluding hydrogens is 320 g/mol. The fraction of sp³-hybridized carbons (Fsp3) is 0.778. The molecule has 1 amide bonds. The van der Waals surface area contributed by atoms with Crippen molar-refractivity contribution in [2.24, 2.45) is 5.92 Å². The molecule has 0 N–H and O–H groups in total. The van der Waals surface area contributed by atoms with Crippen molar-refractivity contribution in [2.75, 3.05) is 37.6 Å². The Labute approximate surface area is 148 Å². The molecule has 0 unspecified atom stereocenters. The zero-order valence-corrected chi connectivity index (χ0v) is 15.4. The number of likely N-dealkylation sites (tertiary alicyclic amines) is 2. The van der Waals surface area contributed by atoms with Crippen molar-refractivity contribution in [3.8, 4) is 0 Å². The van der Waals surface area contributed by atoms with E-state index in [-0.39, 0.29) is 0 Å². The van der Waals surface area contributed by atoms with Gasteiger partial charge in [-0.1, -0.05) is 6.92 Å². The summed E-state index contributed by atoms with van der Waals surface area (Å²) in [5.74, 6) is 0.919. The zero-order valence-electron chi connectivity index (χ0n) is 14.6. The van der Waals surface area contributed by atoms with E-state index in [1.54, 1.807) is 11.3 Å². The van der Waals surface area contributed by atoms with Crippen LogP contribution in [0.1, 0.15) is 39.0 Å². The SMILES string of the molecule is CCC(=O)N1CC[C@H]2[C@H](C[C@@H](CN3CCCC3)N2c2nccs2)C1. The van der Waals surface area contributed by atoms with Gasteiger partial charge >= 0.3 is 0 Å². The summed E-state index contributed by atoms with van der Waals surface area (Å²) in [7, 11) is 0. The number of hydrogen-bond donors (Lipinski definition) is 0. The molecule has 3 fully saturated rings. The van der Waals surface area contributed by atoms with E-state index in [0.717, 1.165) is 26.1 Å². The third-order valence-electron chi connectivity index (χ3n) is 5.98. The van der Waals surface area contributed by atoms with Gasteiger partial charge in [0.15, 0.2) is 5.13 Å². The molecule has 1 aromatic heterocycles. The maximum Gasteiger partial charge on any atom is 0.222 e. The van der Waals surface area contributed by atoms with Gasteiger partial charge in [0.1, 0.15) is 0 Å². The molecule has 3 saturated heterocycles. The summed E-state index contributed by atoms with van der Waals surface area (Å²) in [4.78, 5) is 24.1. The first-order valence-corrected chi connectivity index (χ1v) is 10.3. The van der Waals surface area contributed by atoms with Crippen LogP contribution in [0.15, 0.2) is 11.6 Å². The molecule has 3 aliphatic heterocycles. The van der Waals surface area contributed by atoms with E-state index in [1.807, 2.05) is 13.1 Å². The number of thiazole rings is 1. The summed E-state index contributed by atoms with van der Waals surface area (Å²) in [5, 5.41) is 3.27. The number of aromatic nitrogens is 1. The van der Waals surface area contributed by atoms with Crippen LogP contribution < -0.4 is 4.90 Å². The van der Waals surface area contributed by atoms with Crippen LogP contribution in [0, 0.1) is 5.92 Å². The molecule has 6 heteroatoms. The number of carbonyl (C=O) groups is 1. The highest BCUT2D eigenvalue weighted by Gasteiger charge is 2.45. The highest BCUT2D eigenvalue weighted by atomic mass is 32.1. The van der Waals surface area contributed by atoms with Gasteiger partial charge in [-0.05, 0) is 44.7 Å². The predicted molar refractivity (Wildman–Crippen MR) is 97.4 cm³/mol. The van der Waals surface area contributed by atoms with Gasteiger partial charge in [-0.3, -0.25) is 4.79 Å². The van der Waals surface area contributed by atoms with Crippen LogP contribution in [0.5, 0.6) is 0 Å². The second-order valence-electron chi connectivity index (χ2n) is 7.43. The highest BCUT2D eigenvalue weighted by Crippen LogP contribution is 2.40. The van der Waals surface area contributed by atoms with Gasteiger partial charge in [0.2, 0.25) is 5.91 Å². The molecule has 0 aromatic carbocycles. The van der Waals surface area contributed by atoms with Crippen LogP contribution in [0.2, 0.25) is 0 Å². The Kier molecular flexibility index (Phi) is 4.77. The predicted octanol–water partition coefficient (Wildman–Crippen LogP) is 2.44. The van der Waals surface area contributed by atoms with Gasteiger partial charge in [-0.25, -0.2) is 4.98 Å². The number of piperidine rings is 1. The average molecular weight is 349 g/mol. The minimum Gasteiger partial charge on any atom is -0.342 e. The Morgan fingerprint density at radius 2 is 2.17 bits per heavy atom. The summed E-state index contributed by atoms with van der Waals surface area (Å²) in [6.45, 7) is 7.48. The topological polar surface area (TPSA) is 39.7 Å². The Balaban J connectivity index is 1.52. The van der Waals surface area contributed by atoms with Crippen molar-refractivity contribution in [3.05, 3.63) is 11.6 Å². The molecule has 24 heavy (non-hydrogen) atoms. The molecule has 0 aliphatic carbocycles. The molecule has 0 saturated carbocycles. The summed E-state index contributed by atoms with van der Waals surface area (Å²) in [5.41, 5.74) is 0. The molecule has 0 radical (unpaired) electrons. The van der Waals surface area contributed by atoms with Crippen LogP contribution in [0.25, 0.3) is 0 Å². The van der Waals surface area contributed by atoms with E-state index >= 15 is 0 Å². The quantitative estimate of drug-likeness (QED) is 0.838. The van der Waals surface area contributed by atoms with E-state index < -0.39 is 0 Å². The van der Waals surface area contributed by atoms with E-state index in [0.29, 0.717) is 30.3 Å². The molecule has 1 aromatic rings. The second-order valence-corrected chi connectivity index (χ2v) is 8.30. The fourth-order valence-electron chi connectivity index (χ4n) is 4.87. The number of hydrogen-bond acceptors (Lipinski definition) is 5. The largest absolute Gasteiger partial charge is 0.342 e. The van der Waals surface area contributed by atoms with E-state index in [4.69, 9.17) is 0 Å². The van der Waals surface area contributed by atoms with E-state index in [1.165, 1.54) is 37.5 Å². The Morgan fingerprint density at radius 1 is 1.33 bits per heavy atom. The van der Waals surface area contributed by atoms with E-state index in [2.05, 4.69) is 25.1 Å². The number of amides is 1. The standard InChI is InChI=1S/C18H28N4OS/c1-2-17(23)21-9-5-16-14(12-21)11-15(13-20-7-3-4-8-20)22(16)18-19-6-10-24-18/h6,10,14-16H,2-5,7-9,11-13H2,1H3/t14-,15+,16+/m1/s1. The first-order valence-electron chi connectivity index (χ1n) is 9.44. The molecular formula is C18H28N4OS. The lowest BCUT2D eigenvalue weighted by Gasteiger charge is -2.39. The maximum atomic E-state index is 12.1. The summed E-state index contributed by atoms with van der Waals surface area (Å²) in [6.07, 6.45) is 7.53. The smallest absolute Gasteiger partial charge is 0.222 e. The Hall–Kier alpha value is -1.14. The number of rotatable bonds is 4. The number of carbonyl (C=O) groups excluding carboxylic acids is 1. The maximum absolute atomic E-state index is 12.1. The summed E-state index contributed by atoms with van der Waals surface area (Å²) in [6, 6.07) is 1.12. The van der Waals surface area contributed by atoms with Crippen molar-refractivity contribution in [3.63, 3.8) is 0 Å². The number of anilines is 1. The van der Waals surface area contributed by atoms with Gasteiger partial charge < -0.3 is 14.7 Å². The van der Waals surface area contributed by atoms with Crippen LogP contribution >= 0.6 is 11.3 Å². The number of fused-ring (bicyclic) bond motifs is 1. The second kappa shape index (κ2) is 7.00. The van der Waals surface area contributed by atoms with Gasteiger partial charge in [-0.2, -0.15) is 0 Å². The van der Waals surface area contributed by atoms with Crippen molar-refractivity contribution >= 4 is 22.4 Å². The minimum atomic E-state index is 0.317. The van der Waals surface area contributed by atoms with Crippen LogP contribution in [-0.2, 0) is 4.79 Å². The normalized spacial score (nSPS) is 30.8. The van der Waals surface area contributed by atoms with Gasteiger partial charge in [0.05, 0.1) is 0 Å². The minimum absolute atomic E-state index is 0.317. The molecule has 0 spiro atoms. The summed E-state index contributed by atoms with van der Waals surface area (Å²) >= 11 is 1.76. The third kappa shape index (κ3) is 3.06. The van der Waals surface area contributed by atoms with Gasteiger partial charge in [0, 0.05) is 49.7 Å².